The molecule has 0 amide bonds. The number of rotatable bonds is 8. The molecule has 2 atom stereocenters. The average Bonchev–Trinajstić information content (AvgIpc) is 2.78. The first-order chi connectivity index (χ1) is 16.7. The van der Waals surface area contributed by atoms with Gasteiger partial charge < -0.3 is 14.0 Å². The Balaban J connectivity index is 2.10. The summed E-state index contributed by atoms with van der Waals surface area (Å²) in [6.45, 7) is 1.49. The quantitative estimate of drug-likeness (QED) is 0.462. The first-order valence-corrected chi connectivity index (χ1v) is 12.7. The first kappa shape index (κ1) is 27.4. The molecule has 196 valence electrons. The lowest BCUT2D eigenvalue weighted by atomic mass is 9.79. The average molecular weight is 534 g/mol. The van der Waals surface area contributed by atoms with Crippen molar-refractivity contribution in [2.24, 2.45) is 13.0 Å². The maximum absolute atomic E-state index is 14.3. The predicted molar refractivity (Wildman–Crippen MR) is 123 cm³/mol. The van der Waals surface area contributed by atoms with E-state index in [0.29, 0.717) is 11.6 Å². The third-order valence-corrected chi connectivity index (χ3v) is 7.38. The number of hydrogen-bond donors (Lipinski definition) is 0. The van der Waals surface area contributed by atoms with Gasteiger partial charge in [0.15, 0.2) is 33.8 Å². The Kier molecular flexibility index (Phi) is 7.97. The van der Waals surface area contributed by atoms with Crippen LogP contribution in [0.15, 0.2) is 58.7 Å². The molecule has 0 spiro atoms. The Morgan fingerprint density at radius 1 is 1.08 bits per heavy atom. The van der Waals surface area contributed by atoms with E-state index in [1.807, 2.05) is 0 Å². The number of aromatic nitrogens is 1. The summed E-state index contributed by atoms with van der Waals surface area (Å²) in [5.74, 6) is -4.36. The van der Waals surface area contributed by atoms with Gasteiger partial charge in [0.05, 0.1) is 11.7 Å². The summed E-state index contributed by atoms with van der Waals surface area (Å²) in [6, 6.07) is 3.82. The number of pyridine rings is 1. The lowest BCUT2D eigenvalue weighted by Crippen LogP contribution is -2.28. The minimum absolute atomic E-state index is 0.106. The third-order valence-electron chi connectivity index (χ3n) is 5.72. The van der Waals surface area contributed by atoms with Crippen LogP contribution in [0.25, 0.3) is 0 Å². The molecule has 0 radical (unpaired) electrons. The van der Waals surface area contributed by atoms with E-state index in [2.05, 4.69) is 0 Å². The molecule has 2 unspecified atom stereocenters. The molecule has 0 saturated heterocycles. The van der Waals surface area contributed by atoms with Gasteiger partial charge in [0.1, 0.15) is 11.6 Å². The number of benzene rings is 1. The number of halogens is 5. The zero-order valence-electron chi connectivity index (χ0n) is 19.6. The molecule has 1 aliphatic carbocycles. The minimum atomic E-state index is -4.68. The molecular formula is C24H24F5NO5S. The van der Waals surface area contributed by atoms with E-state index in [4.69, 9.17) is 9.47 Å². The highest BCUT2D eigenvalue weighted by Gasteiger charge is 2.34. The van der Waals surface area contributed by atoms with Crippen LogP contribution in [0.1, 0.15) is 25.3 Å². The highest BCUT2D eigenvalue weighted by molar-refractivity contribution is 7.91. The van der Waals surface area contributed by atoms with Gasteiger partial charge in [-0.05, 0) is 35.8 Å². The van der Waals surface area contributed by atoms with Gasteiger partial charge in [-0.3, -0.25) is 4.79 Å². The van der Waals surface area contributed by atoms with Crippen LogP contribution in [0.4, 0.5) is 22.0 Å². The number of aryl methyl sites for hydroxylation is 1. The van der Waals surface area contributed by atoms with Gasteiger partial charge in [0.25, 0.3) is 5.56 Å². The molecule has 0 N–H and O–H groups in total. The van der Waals surface area contributed by atoms with Crippen molar-refractivity contribution in [1.29, 1.82) is 0 Å². The van der Waals surface area contributed by atoms with Crippen LogP contribution < -0.4 is 15.0 Å². The second-order valence-corrected chi connectivity index (χ2v) is 10.7. The predicted octanol–water partition coefficient (Wildman–Crippen LogP) is 4.66. The number of alkyl halides is 3. The Morgan fingerprint density at radius 3 is 2.39 bits per heavy atom. The van der Waals surface area contributed by atoms with Gasteiger partial charge >= 0.3 is 6.18 Å². The number of nitrogens with zero attached hydrogens (tertiary/aromatic N) is 1. The van der Waals surface area contributed by atoms with Gasteiger partial charge in [-0.25, -0.2) is 17.2 Å². The van der Waals surface area contributed by atoms with Gasteiger partial charge in [-0.1, -0.05) is 25.5 Å². The monoisotopic (exact) mass is 533 g/mol. The summed E-state index contributed by atoms with van der Waals surface area (Å²) in [7, 11) is -2.12. The molecule has 2 aromatic rings. The summed E-state index contributed by atoms with van der Waals surface area (Å²) in [6.07, 6.45) is -0.374. The van der Waals surface area contributed by atoms with Crippen LogP contribution in [0.3, 0.4) is 0 Å². The Bertz CT molecular complexity index is 1360. The lowest BCUT2D eigenvalue weighted by Gasteiger charge is -2.32. The molecule has 1 aromatic carbocycles. The van der Waals surface area contributed by atoms with Crippen molar-refractivity contribution in [2.75, 3.05) is 18.1 Å². The van der Waals surface area contributed by atoms with Crippen LogP contribution >= 0.6 is 0 Å². The zero-order valence-corrected chi connectivity index (χ0v) is 20.4. The summed E-state index contributed by atoms with van der Waals surface area (Å²) in [5, 5.41) is 0. The normalized spacial score (nSPS) is 18.4. The number of hydrogen-bond acceptors (Lipinski definition) is 5. The zero-order chi connectivity index (χ0) is 26.8. The van der Waals surface area contributed by atoms with Gasteiger partial charge in [-0.2, -0.15) is 13.2 Å². The molecule has 1 heterocycles. The van der Waals surface area contributed by atoms with Crippen molar-refractivity contribution in [3.8, 4) is 11.5 Å². The lowest BCUT2D eigenvalue weighted by molar-refractivity contribution is -0.153. The molecule has 1 aliphatic rings. The molecule has 1 aromatic heterocycles. The van der Waals surface area contributed by atoms with Crippen molar-refractivity contribution < 1.29 is 39.8 Å². The topological polar surface area (TPSA) is 74.6 Å². The van der Waals surface area contributed by atoms with Crippen LogP contribution in [0, 0.1) is 17.6 Å². The molecule has 3 rings (SSSR count). The molecule has 36 heavy (non-hydrogen) atoms. The largest absolute Gasteiger partial charge is 0.478 e. The first-order valence-electron chi connectivity index (χ1n) is 10.8. The Hall–Kier alpha value is -3.15. The number of allylic oxidation sites excluding steroid dienone is 3. The molecule has 0 bridgehead atoms. The molecule has 12 heteroatoms. The van der Waals surface area contributed by atoms with Crippen molar-refractivity contribution in [3.05, 3.63) is 81.5 Å². The van der Waals surface area contributed by atoms with E-state index in [1.165, 1.54) is 32.3 Å². The van der Waals surface area contributed by atoms with Crippen LogP contribution in [-0.2, 0) is 16.9 Å². The molecule has 0 fully saturated rings. The number of sulfone groups is 1. The van der Waals surface area contributed by atoms with Gasteiger partial charge in [-0.15, -0.1) is 0 Å². The van der Waals surface area contributed by atoms with E-state index in [0.717, 1.165) is 22.8 Å². The SMILES string of the molecule is CCS(=O)(=O)CC1=CC=C(Oc2ccc(F)cc2F)C(c2cc(OCC(F)(F)F)c(=O)n(C)c2)C1C. The fourth-order valence-electron chi connectivity index (χ4n) is 3.82. The van der Waals surface area contributed by atoms with E-state index in [9.17, 15) is 35.2 Å². The van der Waals surface area contributed by atoms with Gasteiger partial charge in [0, 0.05) is 25.1 Å². The van der Waals surface area contributed by atoms with E-state index >= 15 is 0 Å². The molecular weight excluding hydrogens is 509 g/mol. The molecule has 0 aliphatic heterocycles. The van der Waals surface area contributed by atoms with Crippen molar-refractivity contribution >= 4 is 9.84 Å². The van der Waals surface area contributed by atoms with E-state index < -0.39 is 57.4 Å². The Morgan fingerprint density at radius 2 is 1.78 bits per heavy atom. The van der Waals surface area contributed by atoms with Crippen LogP contribution in [0.2, 0.25) is 0 Å². The summed E-state index contributed by atoms with van der Waals surface area (Å²) in [5.41, 5.74) is -0.0535. The van der Waals surface area contributed by atoms with Crippen molar-refractivity contribution in [3.63, 3.8) is 0 Å². The van der Waals surface area contributed by atoms with E-state index in [-0.39, 0.29) is 28.6 Å². The molecule has 0 saturated carbocycles. The Labute approximate surface area is 204 Å². The fraction of sp³-hybridized carbons (Fsp3) is 0.375. The second kappa shape index (κ2) is 10.5. The van der Waals surface area contributed by atoms with Gasteiger partial charge in [0.2, 0.25) is 0 Å². The smallest absolute Gasteiger partial charge is 0.422 e. The van der Waals surface area contributed by atoms with E-state index in [1.54, 1.807) is 6.92 Å². The fourth-order valence-corrected chi connectivity index (χ4v) is 4.89. The van der Waals surface area contributed by atoms with Crippen LogP contribution in [-0.4, -0.2) is 37.3 Å². The maximum Gasteiger partial charge on any atom is 0.422 e. The minimum Gasteiger partial charge on any atom is -0.478 e. The van der Waals surface area contributed by atoms with Crippen molar-refractivity contribution in [1.82, 2.24) is 4.57 Å². The second-order valence-electron chi connectivity index (χ2n) is 8.39. The highest BCUT2D eigenvalue weighted by Crippen LogP contribution is 2.41. The third kappa shape index (κ3) is 6.54. The summed E-state index contributed by atoms with van der Waals surface area (Å²) >= 11 is 0. The standard InChI is InChI=1S/C24H24F5NO5S/c1-4-36(32,33)12-15-5-7-20(35-19-8-6-17(25)10-18(19)26)22(14(15)2)16-9-21(23(31)30(3)11-16)34-13-24(27,28)29/h5-11,14,22H,4,12-13H2,1-3H3. The van der Waals surface area contributed by atoms with Crippen molar-refractivity contribution in [2.45, 2.75) is 25.9 Å². The highest BCUT2D eigenvalue weighted by atomic mass is 32.2. The summed E-state index contributed by atoms with van der Waals surface area (Å²) in [4.78, 5) is 12.4. The van der Waals surface area contributed by atoms with Crippen LogP contribution in [0.5, 0.6) is 11.5 Å². The summed E-state index contributed by atoms with van der Waals surface area (Å²) < 4.78 is 102. The maximum atomic E-state index is 14.3. The molecule has 6 nitrogen and oxygen atoms in total. The number of ether oxygens (including phenoxy) is 2.